The first kappa shape index (κ1) is 20.5. The number of esters is 1. The fraction of sp³-hybridized carbons (Fsp3) is 0.222. The molecule has 0 atom stereocenters. The molecule has 0 saturated carbocycles. The molecule has 0 amide bonds. The van der Waals surface area contributed by atoms with Gasteiger partial charge in [0.1, 0.15) is 5.15 Å². The van der Waals surface area contributed by atoms with Crippen LogP contribution >= 0.6 is 35.1 Å². The van der Waals surface area contributed by atoms with Gasteiger partial charge in [0.15, 0.2) is 10.3 Å². The van der Waals surface area contributed by atoms with E-state index in [2.05, 4.69) is 24.9 Å². The van der Waals surface area contributed by atoms with Crippen LogP contribution in [-0.2, 0) is 15.1 Å². The standard InChI is InChI=1S/C18H16ClN5O2S2/c1-11(25)26-18(12-5-4-8-20-15(12)19,13-6-9-21-16(23-13)27-2)14-7-10-22-17(24-14)28-3/h4-10H,1-3H3. The molecule has 0 radical (unpaired) electrons. The molecule has 3 rings (SSSR count). The SMILES string of the molecule is CSc1nccc(C(OC(C)=O)(c2ccnc(SC)n2)c2cccnc2Cl)n1. The number of rotatable bonds is 6. The normalized spacial score (nSPS) is 11.3. The molecule has 3 aromatic heterocycles. The van der Waals surface area contributed by atoms with Gasteiger partial charge in [-0.05, 0) is 36.8 Å². The number of carbonyl (C=O) groups excluding carboxylic acids is 1. The van der Waals surface area contributed by atoms with E-state index in [9.17, 15) is 4.79 Å². The van der Waals surface area contributed by atoms with Crippen molar-refractivity contribution in [1.82, 2.24) is 24.9 Å². The van der Waals surface area contributed by atoms with Crippen LogP contribution in [-0.4, -0.2) is 43.4 Å². The molecule has 0 aliphatic rings. The van der Waals surface area contributed by atoms with E-state index in [1.165, 1.54) is 30.4 Å². The molecule has 3 aromatic rings. The monoisotopic (exact) mass is 433 g/mol. The molecule has 0 aliphatic heterocycles. The molecule has 0 unspecified atom stereocenters. The number of thioether (sulfide) groups is 2. The topological polar surface area (TPSA) is 90.8 Å². The number of ether oxygens (including phenoxy) is 1. The van der Waals surface area contributed by atoms with Crippen LogP contribution in [0.4, 0.5) is 0 Å². The molecule has 144 valence electrons. The third-order valence-electron chi connectivity index (χ3n) is 3.79. The second-order valence-corrected chi connectivity index (χ2v) is 7.38. The van der Waals surface area contributed by atoms with E-state index >= 15 is 0 Å². The quantitative estimate of drug-likeness (QED) is 0.250. The first-order valence-corrected chi connectivity index (χ1v) is 10.9. The number of aromatic nitrogens is 5. The average Bonchev–Trinajstić information content (AvgIpc) is 2.72. The van der Waals surface area contributed by atoms with Crippen molar-refractivity contribution in [3.63, 3.8) is 0 Å². The average molecular weight is 434 g/mol. The van der Waals surface area contributed by atoms with E-state index in [1.807, 2.05) is 12.5 Å². The second-order valence-electron chi connectivity index (χ2n) is 5.47. The molecular formula is C18H16ClN5O2S2. The molecule has 0 aliphatic carbocycles. The summed E-state index contributed by atoms with van der Waals surface area (Å²) < 4.78 is 5.91. The van der Waals surface area contributed by atoms with Gasteiger partial charge < -0.3 is 4.74 Å². The summed E-state index contributed by atoms with van der Waals surface area (Å²) in [6, 6.07) is 6.80. The summed E-state index contributed by atoms with van der Waals surface area (Å²) in [5.41, 5.74) is -0.216. The Morgan fingerprint density at radius 2 is 1.54 bits per heavy atom. The Hall–Kier alpha value is -2.23. The van der Waals surface area contributed by atoms with E-state index in [1.54, 1.807) is 42.9 Å². The molecule has 0 aromatic carbocycles. The molecule has 0 spiro atoms. The lowest BCUT2D eigenvalue weighted by Gasteiger charge is -2.33. The van der Waals surface area contributed by atoms with Gasteiger partial charge >= 0.3 is 5.97 Å². The first-order chi connectivity index (χ1) is 13.5. The predicted octanol–water partition coefficient (Wildman–Crippen LogP) is 3.61. The van der Waals surface area contributed by atoms with Crippen molar-refractivity contribution in [1.29, 1.82) is 0 Å². The van der Waals surface area contributed by atoms with Crippen molar-refractivity contribution >= 4 is 41.1 Å². The molecule has 7 nitrogen and oxygen atoms in total. The van der Waals surface area contributed by atoms with Crippen LogP contribution in [0.1, 0.15) is 23.9 Å². The maximum atomic E-state index is 12.2. The van der Waals surface area contributed by atoms with Gasteiger partial charge in [-0.15, -0.1) is 0 Å². The Morgan fingerprint density at radius 3 is 2.00 bits per heavy atom. The zero-order valence-electron chi connectivity index (χ0n) is 15.3. The number of hydrogen-bond donors (Lipinski definition) is 0. The lowest BCUT2D eigenvalue weighted by molar-refractivity contribution is -0.151. The number of pyridine rings is 1. The van der Waals surface area contributed by atoms with Crippen molar-refractivity contribution in [3.8, 4) is 0 Å². The van der Waals surface area contributed by atoms with Crippen LogP contribution < -0.4 is 0 Å². The summed E-state index contributed by atoms with van der Waals surface area (Å²) in [6.07, 6.45) is 8.49. The van der Waals surface area contributed by atoms with Crippen LogP contribution in [0.15, 0.2) is 53.2 Å². The minimum Gasteiger partial charge on any atom is -0.441 e. The largest absolute Gasteiger partial charge is 0.441 e. The Kier molecular flexibility index (Phi) is 6.48. The van der Waals surface area contributed by atoms with Crippen molar-refractivity contribution in [2.75, 3.05) is 12.5 Å². The lowest BCUT2D eigenvalue weighted by atomic mass is 9.87. The maximum absolute atomic E-state index is 12.2. The van der Waals surface area contributed by atoms with Crippen LogP contribution in [0.25, 0.3) is 0 Å². The molecular weight excluding hydrogens is 418 g/mol. The van der Waals surface area contributed by atoms with Crippen molar-refractivity contribution < 1.29 is 9.53 Å². The Labute approximate surface area is 175 Å². The van der Waals surface area contributed by atoms with Crippen LogP contribution in [0.2, 0.25) is 5.15 Å². The molecule has 0 fully saturated rings. The van der Waals surface area contributed by atoms with E-state index in [4.69, 9.17) is 16.3 Å². The van der Waals surface area contributed by atoms with Gasteiger partial charge in [0, 0.05) is 31.1 Å². The lowest BCUT2D eigenvalue weighted by Crippen LogP contribution is -2.37. The number of nitrogens with zero attached hydrogens (tertiary/aromatic N) is 5. The third-order valence-corrected chi connectivity index (χ3v) is 5.21. The highest BCUT2D eigenvalue weighted by molar-refractivity contribution is 7.98. The van der Waals surface area contributed by atoms with E-state index in [0.717, 1.165) is 0 Å². The van der Waals surface area contributed by atoms with E-state index in [0.29, 0.717) is 27.3 Å². The second kappa shape index (κ2) is 8.85. The number of carbonyl (C=O) groups is 1. The van der Waals surface area contributed by atoms with Crippen molar-refractivity contribution in [2.45, 2.75) is 22.8 Å². The van der Waals surface area contributed by atoms with Crippen molar-refractivity contribution in [2.24, 2.45) is 0 Å². The fourth-order valence-electron chi connectivity index (χ4n) is 2.70. The summed E-state index contributed by atoms with van der Waals surface area (Å²) in [7, 11) is 0. The van der Waals surface area contributed by atoms with Gasteiger partial charge in [-0.2, -0.15) is 0 Å². The van der Waals surface area contributed by atoms with Crippen LogP contribution in [0.5, 0.6) is 0 Å². The summed E-state index contributed by atoms with van der Waals surface area (Å²) in [5, 5.41) is 1.22. The molecule has 0 saturated heterocycles. The van der Waals surface area contributed by atoms with Crippen LogP contribution in [0, 0.1) is 0 Å². The summed E-state index contributed by atoms with van der Waals surface area (Å²) >= 11 is 9.18. The third kappa shape index (κ3) is 3.96. The Morgan fingerprint density at radius 1 is 0.964 bits per heavy atom. The number of hydrogen-bond acceptors (Lipinski definition) is 9. The van der Waals surface area contributed by atoms with Gasteiger partial charge in [-0.1, -0.05) is 35.1 Å². The predicted molar refractivity (Wildman–Crippen MR) is 109 cm³/mol. The zero-order valence-corrected chi connectivity index (χ0v) is 17.7. The number of halogens is 1. The van der Waals surface area contributed by atoms with Gasteiger partial charge in [0.05, 0.1) is 11.4 Å². The highest BCUT2D eigenvalue weighted by atomic mass is 35.5. The first-order valence-electron chi connectivity index (χ1n) is 8.07. The highest BCUT2D eigenvalue weighted by Crippen LogP contribution is 2.41. The Bertz CT molecular complexity index is 957. The maximum Gasteiger partial charge on any atom is 0.304 e. The molecule has 10 heteroatoms. The summed E-state index contributed by atoms with van der Waals surface area (Å²) in [6.45, 7) is 1.33. The Balaban J connectivity index is 2.41. The van der Waals surface area contributed by atoms with E-state index in [-0.39, 0.29) is 5.15 Å². The zero-order chi connectivity index (χ0) is 20.1. The molecule has 0 N–H and O–H groups in total. The summed E-state index contributed by atoms with van der Waals surface area (Å²) in [5.74, 6) is -0.520. The molecule has 28 heavy (non-hydrogen) atoms. The summed E-state index contributed by atoms with van der Waals surface area (Å²) in [4.78, 5) is 34.0. The minimum absolute atomic E-state index is 0.178. The molecule has 3 heterocycles. The smallest absolute Gasteiger partial charge is 0.304 e. The van der Waals surface area contributed by atoms with Gasteiger partial charge in [0.25, 0.3) is 0 Å². The van der Waals surface area contributed by atoms with Gasteiger partial charge in [0.2, 0.25) is 5.60 Å². The highest BCUT2D eigenvalue weighted by Gasteiger charge is 2.45. The van der Waals surface area contributed by atoms with Gasteiger partial charge in [-0.3, -0.25) is 4.79 Å². The fourth-order valence-corrected chi connectivity index (χ4v) is 3.67. The molecule has 0 bridgehead atoms. The van der Waals surface area contributed by atoms with Gasteiger partial charge in [-0.25, -0.2) is 24.9 Å². The van der Waals surface area contributed by atoms with Crippen molar-refractivity contribution in [3.05, 3.63) is 65.0 Å². The van der Waals surface area contributed by atoms with E-state index < -0.39 is 11.6 Å². The van der Waals surface area contributed by atoms with Crippen LogP contribution in [0.3, 0.4) is 0 Å². The minimum atomic E-state index is -1.50.